The molecule has 0 aromatic heterocycles. The number of nitrogens with one attached hydrogen (secondary N) is 1. The van der Waals surface area contributed by atoms with Crippen molar-refractivity contribution in [2.24, 2.45) is 0 Å². The first-order valence-corrected chi connectivity index (χ1v) is 5.65. The molecule has 1 aromatic carbocycles. The maximum absolute atomic E-state index is 5.42. The fourth-order valence-corrected chi connectivity index (χ4v) is 2.56. The van der Waals surface area contributed by atoms with E-state index in [1.165, 1.54) is 48.1 Å². The van der Waals surface area contributed by atoms with Crippen LogP contribution in [0.3, 0.4) is 0 Å². The van der Waals surface area contributed by atoms with Gasteiger partial charge in [-0.2, -0.15) is 0 Å². The molecule has 0 atom stereocenters. The first-order valence-electron chi connectivity index (χ1n) is 5.65. The number of rotatable bonds is 2. The zero-order chi connectivity index (χ0) is 10.8. The smallest absolute Gasteiger partial charge is 0.142 e. The molecular weight excluding hydrogens is 186 g/mol. The Morgan fingerprint density at radius 2 is 1.87 bits per heavy atom. The van der Waals surface area contributed by atoms with Crippen LogP contribution in [0.15, 0.2) is 6.07 Å². The second kappa shape index (κ2) is 4.13. The molecule has 0 aliphatic heterocycles. The van der Waals surface area contributed by atoms with Crippen molar-refractivity contribution in [3.8, 4) is 5.75 Å². The molecule has 2 heteroatoms. The third kappa shape index (κ3) is 1.69. The van der Waals surface area contributed by atoms with E-state index >= 15 is 0 Å². The van der Waals surface area contributed by atoms with Crippen LogP contribution in [-0.2, 0) is 12.8 Å². The first kappa shape index (κ1) is 10.3. The van der Waals surface area contributed by atoms with Gasteiger partial charge in [0, 0.05) is 7.05 Å². The Kier molecular flexibility index (Phi) is 2.85. The van der Waals surface area contributed by atoms with Crippen LogP contribution in [0.2, 0.25) is 0 Å². The lowest BCUT2D eigenvalue weighted by atomic mass is 9.87. The van der Waals surface area contributed by atoms with Gasteiger partial charge >= 0.3 is 0 Å². The van der Waals surface area contributed by atoms with Gasteiger partial charge in [0.2, 0.25) is 0 Å². The van der Waals surface area contributed by atoms with E-state index in [2.05, 4.69) is 18.3 Å². The average molecular weight is 205 g/mol. The van der Waals surface area contributed by atoms with E-state index in [0.717, 1.165) is 5.75 Å². The zero-order valence-corrected chi connectivity index (χ0v) is 9.81. The molecule has 1 aromatic rings. The van der Waals surface area contributed by atoms with Gasteiger partial charge in [-0.05, 0) is 55.4 Å². The minimum absolute atomic E-state index is 0.982. The van der Waals surface area contributed by atoms with Crippen LogP contribution in [0.1, 0.15) is 29.5 Å². The minimum atomic E-state index is 0.982. The van der Waals surface area contributed by atoms with Crippen LogP contribution in [0, 0.1) is 6.92 Å². The summed E-state index contributed by atoms with van der Waals surface area (Å²) in [4.78, 5) is 0. The molecule has 0 fully saturated rings. The summed E-state index contributed by atoms with van der Waals surface area (Å²) in [5.41, 5.74) is 5.57. The van der Waals surface area contributed by atoms with Crippen molar-refractivity contribution in [3.05, 3.63) is 22.8 Å². The van der Waals surface area contributed by atoms with Crippen LogP contribution >= 0.6 is 0 Å². The molecule has 1 aliphatic carbocycles. The van der Waals surface area contributed by atoms with Crippen molar-refractivity contribution in [3.63, 3.8) is 0 Å². The number of hydrogen-bond acceptors (Lipinski definition) is 2. The monoisotopic (exact) mass is 205 g/mol. The average Bonchev–Trinajstić information content (AvgIpc) is 2.29. The van der Waals surface area contributed by atoms with Crippen molar-refractivity contribution in [1.29, 1.82) is 0 Å². The minimum Gasteiger partial charge on any atom is -0.495 e. The van der Waals surface area contributed by atoms with Gasteiger partial charge in [-0.1, -0.05) is 0 Å². The van der Waals surface area contributed by atoms with Crippen molar-refractivity contribution < 1.29 is 4.74 Å². The molecule has 1 N–H and O–H groups in total. The van der Waals surface area contributed by atoms with Gasteiger partial charge in [0.25, 0.3) is 0 Å². The SMILES string of the molecule is CNc1c(OC)cc(C)c2c1CCCC2. The van der Waals surface area contributed by atoms with E-state index in [9.17, 15) is 0 Å². The van der Waals surface area contributed by atoms with Crippen molar-refractivity contribution in [2.75, 3.05) is 19.5 Å². The predicted octanol–water partition coefficient (Wildman–Crippen LogP) is 2.92. The molecule has 2 rings (SSSR count). The summed E-state index contributed by atoms with van der Waals surface area (Å²) in [6.07, 6.45) is 5.03. The van der Waals surface area contributed by atoms with Crippen molar-refractivity contribution in [1.82, 2.24) is 0 Å². The Balaban J connectivity index is 2.59. The molecule has 0 heterocycles. The normalized spacial score (nSPS) is 14.6. The fourth-order valence-electron chi connectivity index (χ4n) is 2.56. The Morgan fingerprint density at radius 3 is 2.47 bits per heavy atom. The lowest BCUT2D eigenvalue weighted by Gasteiger charge is -2.23. The molecule has 15 heavy (non-hydrogen) atoms. The quantitative estimate of drug-likeness (QED) is 0.801. The summed E-state index contributed by atoms with van der Waals surface area (Å²) in [5.74, 6) is 0.982. The molecule has 0 bridgehead atoms. The van der Waals surface area contributed by atoms with E-state index in [0.29, 0.717) is 0 Å². The van der Waals surface area contributed by atoms with E-state index < -0.39 is 0 Å². The Hall–Kier alpha value is -1.18. The predicted molar refractivity (Wildman–Crippen MR) is 63.9 cm³/mol. The Labute approximate surface area is 91.6 Å². The number of ether oxygens (including phenoxy) is 1. The Morgan fingerprint density at radius 1 is 1.20 bits per heavy atom. The molecule has 2 nitrogen and oxygen atoms in total. The lowest BCUT2D eigenvalue weighted by molar-refractivity contribution is 0.415. The van der Waals surface area contributed by atoms with Gasteiger partial charge in [0.1, 0.15) is 5.75 Å². The highest BCUT2D eigenvalue weighted by Gasteiger charge is 2.18. The maximum atomic E-state index is 5.42. The standard InChI is InChI=1S/C13H19NO/c1-9-8-12(15-3)13(14-2)11-7-5-4-6-10(9)11/h8,14H,4-7H2,1-3H3. The number of methoxy groups -OCH3 is 1. The number of benzene rings is 1. The second-order valence-electron chi connectivity index (χ2n) is 4.18. The van der Waals surface area contributed by atoms with Crippen LogP contribution in [0.4, 0.5) is 5.69 Å². The second-order valence-corrected chi connectivity index (χ2v) is 4.18. The van der Waals surface area contributed by atoms with Gasteiger partial charge in [0.15, 0.2) is 0 Å². The number of anilines is 1. The molecule has 82 valence electrons. The number of aryl methyl sites for hydroxylation is 1. The van der Waals surface area contributed by atoms with E-state index in [-0.39, 0.29) is 0 Å². The van der Waals surface area contributed by atoms with Gasteiger partial charge in [0.05, 0.1) is 12.8 Å². The summed E-state index contributed by atoms with van der Waals surface area (Å²) in [7, 11) is 3.72. The highest BCUT2D eigenvalue weighted by atomic mass is 16.5. The Bertz CT molecular complexity index is 371. The summed E-state index contributed by atoms with van der Waals surface area (Å²) in [5, 5.41) is 3.28. The van der Waals surface area contributed by atoms with Gasteiger partial charge < -0.3 is 10.1 Å². The first-order chi connectivity index (χ1) is 7.27. The fraction of sp³-hybridized carbons (Fsp3) is 0.538. The third-order valence-corrected chi connectivity index (χ3v) is 3.31. The molecule has 0 amide bonds. The summed E-state index contributed by atoms with van der Waals surface area (Å²) < 4.78 is 5.42. The number of fused-ring (bicyclic) bond motifs is 1. The largest absolute Gasteiger partial charge is 0.495 e. The van der Waals surface area contributed by atoms with E-state index in [1.807, 2.05) is 7.05 Å². The summed E-state index contributed by atoms with van der Waals surface area (Å²) in [6, 6.07) is 2.15. The van der Waals surface area contributed by atoms with E-state index in [4.69, 9.17) is 4.74 Å². The van der Waals surface area contributed by atoms with Gasteiger partial charge in [-0.15, -0.1) is 0 Å². The van der Waals surface area contributed by atoms with Crippen LogP contribution in [0.5, 0.6) is 5.75 Å². The van der Waals surface area contributed by atoms with E-state index in [1.54, 1.807) is 7.11 Å². The molecule has 1 aliphatic rings. The highest BCUT2D eigenvalue weighted by Crippen LogP contribution is 2.37. The number of hydrogen-bond donors (Lipinski definition) is 1. The van der Waals surface area contributed by atoms with Crippen molar-refractivity contribution in [2.45, 2.75) is 32.6 Å². The molecule has 0 spiro atoms. The summed E-state index contributed by atoms with van der Waals surface area (Å²) in [6.45, 7) is 2.19. The highest BCUT2D eigenvalue weighted by molar-refractivity contribution is 5.66. The van der Waals surface area contributed by atoms with Crippen molar-refractivity contribution >= 4 is 5.69 Å². The van der Waals surface area contributed by atoms with Gasteiger partial charge in [-0.25, -0.2) is 0 Å². The zero-order valence-electron chi connectivity index (χ0n) is 9.81. The summed E-state index contributed by atoms with van der Waals surface area (Å²) >= 11 is 0. The molecule has 0 saturated heterocycles. The molecule has 0 unspecified atom stereocenters. The van der Waals surface area contributed by atoms with Crippen LogP contribution < -0.4 is 10.1 Å². The molecular formula is C13H19NO. The third-order valence-electron chi connectivity index (χ3n) is 3.31. The lowest BCUT2D eigenvalue weighted by Crippen LogP contribution is -2.09. The van der Waals surface area contributed by atoms with Crippen LogP contribution in [0.25, 0.3) is 0 Å². The molecule has 0 radical (unpaired) electrons. The maximum Gasteiger partial charge on any atom is 0.142 e. The molecule has 0 saturated carbocycles. The topological polar surface area (TPSA) is 21.3 Å². The van der Waals surface area contributed by atoms with Crippen LogP contribution in [-0.4, -0.2) is 14.2 Å². The van der Waals surface area contributed by atoms with Gasteiger partial charge in [-0.3, -0.25) is 0 Å².